The third-order valence-electron chi connectivity index (χ3n) is 2.88. The fourth-order valence-corrected chi connectivity index (χ4v) is 2.14. The Bertz CT molecular complexity index is 639. The SMILES string of the molecule is CSc1ccc(/C=C/C(=O)Nc2cnccc2CO)cc1. The Labute approximate surface area is 127 Å². The molecular formula is C16H16N2O2S. The van der Waals surface area contributed by atoms with Crippen LogP contribution in [0.4, 0.5) is 5.69 Å². The molecule has 2 aromatic rings. The van der Waals surface area contributed by atoms with E-state index >= 15 is 0 Å². The van der Waals surface area contributed by atoms with E-state index in [1.54, 1.807) is 30.1 Å². The molecule has 0 saturated carbocycles. The lowest BCUT2D eigenvalue weighted by Gasteiger charge is -2.06. The zero-order valence-corrected chi connectivity index (χ0v) is 12.4. The summed E-state index contributed by atoms with van der Waals surface area (Å²) >= 11 is 1.67. The summed E-state index contributed by atoms with van der Waals surface area (Å²) < 4.78 is 0. The molecule has 1 aromatic heterocycles. The van der Waals surface area contributed by atoms with Gasteiger partial charge in [0.05, 0.1) is 18.5 Å². The van der Waals surface area contributed by atoms with Gasteiger partial charge in [-0.15, -0.1) is 11.8 Å². The van der Waals surface area contributed by atoms with Crippen molar-refractivity contribution >= 4 is 29.4 Å². The molecule has 108 valence electrons. The van der Waals surface area contributed by atoms with Crippen molar-refractivity contribution in [2.24, 2.45) is 0 Å². The largest absolute Gasteiger partial charge is 0.392 e. The molecule has 0 saturated heterocycles. The highest BCUT2D eigenvalue weighted by molar-refractivity contribution is 7.98. The van der Waals surface area contributed by atoms with E-state index in [0.29, 0.717) is 11.3 Å². The quantitative estimate of drug-likeness (QED) is 0.658. The predicted molar refractivity (Wildman–Crippen MR) is 86.0 cm³/mol. The molecule has 4 nitrogen and oxygen atoms in total. The second-order valence-corrected chi connectivity index (χ2v) is 5.17. The number of rotatable bonds is 5. The van der Waals surface area contributed by atoms with E-state index in [1.165, 1.54) is 17.2 Å². The summed E-state index contributed by atoms with van der Waals surface area (Å²) in [6.07, 6.45) is 8.32. The number of nitrogens with one attached hydrogen (secondary N) is 1. The smallest absolute Gasteiger partial charge is 0.248 e. The summed E-state index contributed by atoms with van der Waals surface area (Å²) in [5.41, 5.74) is 2.11. The second-order valence-electron chi connectivity index (χ2n) is 4.29. The number of anilines is 1. The number of benzene rings is 1. The van der Waals surface area contributed by atoms with Gasteiger partial charge in [-0.25, -0.2) is 0 Å². The third-order valence-corrected chi connectivity index (χ3v) is 3.63. The summed E-state index contributed by atoms with van der Waals surface area (Å²) in [4.78, 5) is 17.0. The molecule has 0 fully saturated rings. The Balaban J connectivity index is 2.02. The molecule has 0 spiro atoms. The lowest BCUT2D eigenvalue weighted by atomic mass is 10.2. The zero-order valence-electron chi connectivity index (χ0n) is 11.6. The predicted octanol–water partition coefficient (Wildman–Crippen LogP) is 2.95. The molecule has 0 aliphatic heterocycles. The Hall–Kier alpha value is -2.11. The normalized spacial score (nSPS) is 10.8. The van der Waals surface area contributed by atoms with Crippen LogP contribution in [0.2, 0.25) is 0 Å². The van der Waals surface area contributed by atoms with Crippen molar-refractivity contribution in [1.29, 1.82) is 0 Å². The number of hydrogen-bond donors (Lipinski definition) is 2. The van der Waals surface area contributed by atoms with Crippen molar-refractivity contribution in [3.63, 3.8) is 0 Å². The molecule has 0 atom stereocenters. The fraction of sp³-hybridized carbons (Fsp3) is 0.125. The van der Waals surface area contributed by atoms with Crippen LogP contribution in [0.5, 0.6) is 0 Å². The Morgan fingerprint density at radius 2 is 2.10 bits per heavy atom. The lowest BCUT2D eigenvalue weighted by molar-refractivity contribution is -0.111. The second kappa shape index (κ2) is 7.61. The van der Waals surface area contributed by atoms with Gasteiger partial charge in [-0.3, -0.25) is 9.78 Å². The van der Waals surface area contributed by atoms with Gasteiger partial charge in [0.2, 0.25) is 5.91 Å². The van der Waals surface area contributed by atoms with Gasteiger partial charge in [0.25, 0.3) is 0 Å². The molecule has 5 heteroatoms. The van der Waals surface area contributed by atoms with Crippen molar-refractivity contribution < 1.29 is 9.90 Å². The lowest BCUT2D eigenvalue weighted by Crippen LogP contribution is -2.10. The Kier molecular flexibility index (Phi) is 5.54. The van der Waals surface area contributed by atoms with Crippen LogP contribution in [0.1, 0.15) is 11.1 Å². The van der Waals surface area contributed by atoms with E-state index < -0.39 is 0 Å². The minimum absolute atomic E-state index is 0.141. The molecule has 0 aliphatic rings. The number of pyridine rings is 1. The molecule has 0 aliphatic carbocycles. The highest BCUT2D eigenvalue weighted by Gasteiger charge is 2.03. The van der Waals surface area contributed by atoms with Crippen LogP contribution in [0.15, 0.2) is 53.7 Å². The number of carbonyl (C=O) groups is 1. The van der Waals surface area contributed by atoms with Crippen molar-refractivity contribution in [3.8, 4) is 0 Å². The maximum atomic E-state index is 11.9. The molecule has 21 heavy (non-hydrogen) atoms. The first-order valence-electron chi connectivity index (χ1n) is 6.40. The van der Waals surface area contributed by atoms with Gasteiger partial charge in [0.15, 0.2) is 0 Å². The van der Waals surface area contributed by atoms with Gasteiger partial charge in [0.1, 0.15) is 0 Å². The maximum Gasteiger partial charge on any atom is 0.248 e. The van der Waals surface area contributed by atoms with Crippen LogP contribution in [0.25, 0.3) is 6.08 Å². The standard InChI is InChI=1S/C16H16N2O2S/c1-21-14-5-2-12(3-6-14)4-7-16(20)18-15-10-17-9-8-13(15)11-19/h2-10,19H,11H2,1H3,(H,18,20)/b7-4+. The monoisotopic (exact) mass is 300 g/mol. The molecule has 0 bridgehead atoms. The van der Waals surface area contributed by atoms with Crippen molar-refractivity contribution in [3.05, 3.63) is 59.9 Å². The molecule has 1 heterocycles. The molecule has 2 N–H and O–H groups in total. The number of nitrogens with zero attached hydrogens (tertiary/aromatic N) is 1. The summed E-state index contributed by atoms with van der Waals surface area (Å²) in [5, 5.41) is 11.9. The van der Waals surface area contributed by atoms with E-state index in [4.69, 9.17) is 0 Å². The van der Waals surface area contributed by atoms with Gasteiger partial charge in [0, 0.05) is 22.7 Å². The number of aliphatic hydroxyl groups is 1. The van der Waals surface area contributed by atoms with Gasteiger partial charge < -0.3 is 10.4 Å². The van der Waals surface area contributed by atoms with Gasteiger partial charge in [-0.2, -0.15) is 0 Å². The Morgan fingerprint density at radius 3 is 2.76 bits per heavy atom. The van der Waals surface area contributed by atoms with E-state index in [-0.39, 0.29) is 12.5 Å². The average molecular weight is 300 g/mol. The topological polar surface area (TPSA) is 62.2 Å². The summed E-state index contributed by atoms with van der Waals surface area (Å²) in [6, 6.07) is 9.60. The summed E-state index contributed by atoms with van der Waals surface area (Å²) in [7, 11) is 0. The van der Waals surface area contributed by atoms with Gasteiger partial charge in [-0.05, 0) is 36.1 Å². The van der Waals surface area contributed by atoms with E-state index in [2.05, 4.69) is 10.3 Å². The van der Waals surface area contributed by atoms with Crippen LogP contribution in [-0.2, 0) is 11.4 Å². The Morgan fingerprint density at radius 1 is 1.33 bits per heavy atom. The number of carbonyl (C=O) groups excluding carboxylic acids is 1. The van der Waals surface area contributed by atoms with Crippen LogP contribution >= 0.6 is 11.8 Å². The van der Waals surface area contributed by atoms with Gasteiger partial charge >= 0.3 is 0 Å². The van der Waals surface area contributed by atoms with Crippen molar-refractivity contribution in [1.82, 2.24) is 4.98 Å². The summed E-state index contributed by atoms with van der Waals surface area (Å²) in [6.45, 7) is -0.141. The molecule has 1 aromatic carbocycles. The molecule has 2 rings (SSSR count). The minimum atomic E-state index is -0.258. The highest BCUT2D eigenvalue weighted by atomic mass is 32.2. The highest BCUT2D eigenvalue weighted by Crippen LogP contribution is 2.16. The van der Waals surface area contributed by atoms with E-state index in [1.807, 2.05) is 30.5 Å². The summed E-state index contributed by atoms with van der Waals surface area (Å²) in [5.74, 6) is -0.258. The molecular weight excluding hydrogens is 284 g/mol. The van der Waals surface area contributed by atoms with Crippen molar-refractivity contribution in [2.45, 2.75) is 11.5 Å². The maximum absolute atomic E-state index is 11.9. The first kappa shape index (κ1) is 15.3. The zero-order chi connectivity index (χ0) is 15.1. The average Bonchev–Trinajstić information content (AvgIpc) is 2.54. The van der Waals surface area contributed by atoms with E-state index in [9.17, 15) is 9.90 Å². The number of aliphatic hydroxyl groups excluding tert-OH is 1. The molecule has 0 radical (unpaired) electrons. The number of hydrogen-bond acceptors (Lipinski definition) is 4. The minimum Gasteiger partial charge on any atom is -0.392 e. The van der Waals surface area contributed by atoms with Crippen molar-refractivity contribution in [2.75, 3.05) is 11.6 Å². The molecule has 0 unspecified atom stereocenters. The number of amides is 1. The first-order valence-corrected chi connectivity index (χ1v) is 7.62. The van der Waals surface area contributed by atoms with Crippen LogP contribution < -0.4 is 5.32 Å². The van der Waals surface area contributed by atoms with Crippen LogP contribution in [0.3, 0.4) is 0 Å². The fourth-order valence-electron chi connectivity index (χ4n) is 1.74. The third kappa shape index (κ3) is 4.44. The first-order chi connectivity index (χ1) is 10.2. The number of aromatic nitrogens is 1. The van der Waals surface area contributed by atoms with Crippen LogP contribution in [0, 0.1) is 0 Å². The van der Waals surface area contributed by atoms with Gasteiger partial charge in [-0.1, -0.05) is 12.1 Å². The number of thioether (sulfide) groups is 1. The van der Waals surface area contributed by atoms with E-state index in [0.717, 1.165) is 5.56 Å². The van der Waals surface area contributed by atoms with Crippen LogP contribution in [-0.4, -0.2) is 22.3 Å². The molecule has 1 amide bonds.